The van der Waals surface area contributed by atoms with Gasteiger partial charge in [0.25, 0.3) is 0 Å². The van der Waals surface area contributed by atoms with Crippen molar-refractivity contribution in [3.8, 4) is 5.75 Å². The number of carbonyl (C=O) groups is 2. The van der Waals surface area contributed by atoms with Crippen LogP contribution in [0.25, 0.3) is 0 Å². The minimum Gasteiger partial charge on any atom is -0.479 e. The van der Waals surface area contributed by atoms with Crippen molar-refractivity contribution in [3.05, 3.63) is 132 Å². The average molecular weight is 434 g/mol. The lowest BCUT2D eigenvalue weighted by Gasteiger charge is -2.33. The first-order valence-corrected chi connectivity index (χ1v) is 11.0. The van der Waals surface area contributed by atoms with Gasteiger partial charge in [0.2, 0.25) is 5.78 Å². The molecule has 0 saturated heterocycles. The molecule has 0 aliphatic carbocycles. The molecule has 4 aromatic carbocycles. The van der Waals surface area contributed by atoms with Crippen LogP contribution < -0.4 is 9.64 Å². The Hall–Kier alpha value is -4.18. The molecule has 162 valence electrons. The fraction of sp³-hybridized carbons (Fsp3) is 0.103. The molecular formula is C29H23NO3. The number of anilines is 1. The molecule has 1 heterocycles. The molecule has 4 nitrogen and oxygen atoms in total. The SMILES string of the molecule is O=C(CN(c1ccccc1)C1c2ccccc2OC1C(=O)c1ccccc1)c1ccccc1. The summed E-state index contributed by atoms with van der Waals surface area (Å²) in [6.07, 6.45) is -0.770. The number of para-hydroxylation sites is 2. The van der Waals surface area contributed by atoms with Gasteiger partial charge in [-0.15, -0.1) is 0 Å². The number of nitrogens with zero attached hydrogens (tertiary/aromatic N) is 1. The number of ether oxygens (including phenoxy) is 1. The van der Waals surface area contributed by atoms with Crippen molar-refractivity contribution in [1.82, 2.24) is 0 Å². The lowest BCUT2D eigenvalue weighted by atomic mass is 9.94. The zero-order valence-corrected chi connectivity index (χ0v) is 18.0. The second kappa shape index (κ2) is 9.13. The third-order valence-corrected chi connectivity index (χ3v) is 5.93. The first kappa shape index (κ1) is 20.7. The summed E-state index contributed by atoms with van der Waals surface area (Å²) in [6.45, 7) is 0.120. The fourth-order valence-electron chi connectivity index (χ4n) is 4.33. The predicted octanol–water partition coefficient (Wildman–Crippen LogP) is 5.76. The molecule has 4 heteroatoms. The lowest BCUT2D eigenvalue weighted by molar-refractivity contribution is 0.0784. The van der Waals surface area contributed by atoms with Crippen molar-refractivity contribution in [3.63, 3.8) is 0 Å². The number of benzene rings is 4. The van der Waals surface area contributed by atoms with Gasteiger partial charge in [-0.25, -0.2) is 0 Å². The highest BCUT2D eigenvalue weighted by molar-refractivity contribution is 6.02. The van der Waals surface area contributed by atoms with E-state index in [-0.39, 0.29) is 18.1 Å². The van der Waals surface area contributed by atoms with E-state index in [2.05, 4.69) is 0 Å². The van der Waals surface area contributed by atoms with Gasteiger partial charge in [0, 0.05) is 22.4 Å². The van der Waals surface area contributed by atoms with Gasteiger partial charge in [-0.3, -0.25) is 9.59 Å². The summed E-state index contributed by atoms with van der Waals surface area (Å²) in [6, 6.07) is 35.4. The predicted molar refractivity (Wildman–Crippen MR) is 129 cm³/mol. The van der Waals surface area contributed by atoms with Crippen molar-refractivity contribution in [2.75, 3.05) is 11.4 Å². The molecule has 2 unspecified atom stereocenters. The second-order valence-corrected chi connectivity index (χ2v) is 8.00. The van der Waals surface area contributed by atoms with E-state index in [1.807, 2.05) is 108 Å². The Morgan fingerprint density at radius 2 is 1.21 bits per heavy atom. The quantitative estimate of drug-likeness (QED) is 0.348. The molecule has 4 aromatic rings. The van der Waals surface area contributed by atoms with Crippen molar-refractivity contribution >= 4 is 17.3 Å². The first-order valence-electron chi connectivity index (χ1n) is 11.0. The topological polar surface area (TPSA) is 46.6 Å². The third kappa shape index (κ3) is 4.15. The molecule has 0 saturated carbocycles. The number of Topliss-reactive ketones (excluding diaryl/α,β-unsaturated/α-hetero) is 2. The van der Waals surface area contributed by atoms with Gasteiger partial charge >= 0.3 is 0 Å². The Balaban J connectivity index is 1.58. The molecule has 0 amide bonds. The molecule has 0 aromatic heterocycles. The van der Waals surface area contributed by atoms with E-state index in [0.29, 0.717) is 16.9 Å². The summed E-state index contributed by atoms with van der Waals surface area (Å²) >= 11 is 0. The van der Waals surface area contributed by atoms with Gasteiger partial charge in [-0.05, 0) is 18.2 Å². The summed E-state index contributed by atoms with van der Waals surface area (Å²) in [5.74, 6) is 0.546. The Kier molecular flexibility index (Phi) is 5.73. The van der Waals surface area contributed by atoms with E-state index < -0.39 is 12.1 Å². The molecular weight excluding hydrogens is 410 g/mol. The van der Waals surface area contributed by atoms with E-state index in [1.165, 1.54) is 0 Å². The number of rotatable bonds is 7. The number of carbonyl (C=O) groups excluding carboxylic acids is 2. The third-order valence-electron chi connectivity index (χ3n) is 5.93. The molecule has 1 aliphatic rings. The van der Waals surface area contributed by atoms with E-state index in [0.717, 1.165) is 11.3 Å². The molecule has 5 rings (SSSR count). The van der Waals surface area contributed by atoms with Crippen LogP contribution in [-0.2, 0) is 0 Å². The zero-order chi connectivity index (χ0) is 22.6. The maximum Gasteiger partial charge on any atom is 0.205 e. The maximum absolute atomic E-state index is 13.6. The van der Waals surface area contributed by atoms with E-state index in [9.17, 15) is 9.59 Å². The van der Waals surface area contributed by atoms with Gasteiger partial charge in [-0.2, -0.15) is 0 Å². The average Bonchev–Trinajstić information content (AvgIpc) is 3.27. The van der Waals surface area contributed by atoms with E-state index >= 15 is 0 Å². The molecule has 2 atom stereocenters. The highest BCUT2D eigenvalue weighted by Gasteiger charge is 2.43. The van der Waals surface area contributed by atoms with Gasteiger partial charge < -0.3 is 9.64 Å². The molecule has 33 heavy (non-hydrogen) atoms. The summed E-state index contributed by atoms with van der Waals surface area (Å²) < 4.78 is 6.22. The molecule has 0 radical (unpaired) electrons. The van der Waals surface area contributed by atoms with Crippen LogP contribution in [-0.4, -0.2) is 24.2 Å². The highest BCUT2D eigenvalue weighted by Crippen LogP contribution is 2.43. The summed E-state index contributed by atoms with van der Waals surface area (Å²) in [4.78, 5) is 28.8. The number of ketones is 2. The summed E-state index contributed by atoms with van der Waals surface area (Å²) in [5, 5.41) is 0. The van der Waals surface area contributed by atoms with Gasteiger partial charge in [0.1, 0.15) is 11.8 Å². The molecule has 0 fully saturated rings. The van der Waals surface area contributed by atoms with Crippen molar-refractivity contribution in [2.24, 2.45) is 0 Å². The highest BCUT2D eigenvalue weighted by atomic mass is 16.5. The molecule has 0 N–H and O–H groups in total. The normalized spacial score (nSPS) is 16.5. The standard InChI is InChI=1S/C29H23NO3/c31-25(21-12-4-1-5-13-21)20-30(23-16-8-3-9-17-23)27-24-18-10-11-19-26(24)33-29(27)28(32)22-14-6-2-7-15-22/h1-19,27,29H,20H2. The number of hydrogen-bond donors (Lipinski definition) is 0. The molecule has 0 bridgehead atoms. The number of hydrogen-bond acceptors (Lipinski definition) is 4. The minimum absolute atomic E-state index is 0.0188. The minimum atomic E-state index is -0.770. The van der Waals surface area contributed by atoms with Crippen molar-refractivity contribution < 1.29 is 14.3 Å². The van der Waals surface area contributed by atoms with Gasteiger partial charge in [-0.1, -0.05) is 97.1 Å². The molecule has 0 spiro atoms. The fourth-order valence-corrected chi connectivity index (χ4v) is 4.33. The Labute approximate surface area is 193 Å². The van der Waals surface area contributed by atoms with Gasteiger partial charge in [0.05, 0.1) is 6.54 Å². The van der Waals surface area contributed by atoms with E-state index in [4.69, 9.17) is 4.74 Å². The van der Waals surface area contributed by atoms with Crippen LogP contribution in [0.4, 0.5) is 5.69 Å². The number of fused-ring (bicyclic) bond motifs is 1. The Morgan fingerprint density at radius 3 is 1.88 bits per heavy atom. The van der Waals surface area contributed by atoms with Crippen LogP contribution in [0, 0.1) is 0 Å². The van der Waals surface area contributed by atoms with Crippen molar-refractivity contribution in [2.45, 2.75) is 12.1 Å². The monoisotopic (exact) mass is 433 g/mol. The van der Waals surface area contributed by atoms with Crippen molar-refractivity contribution in [1.29, 1.82) is 0 Å². The summed E-state index contributed by atoms with van der Waals surface area (Å²) in [7, 11) is 0. The smallest absolute Gasteiger partial charge is 0.205 e. The first-order chi connectivity index (χ1) is 16.2. The van der Waals surface area contributed by atoms with Crippen LogP contribution in [0.3, 0.4) is 0 Å². The van der Waals surface area contributed by atoms with E-state index in [1.54, 1.807) is 12.1 Å². The Bertz CT molecular complexity index is 1260. The van der Waals surface area contributed by atoms with Crippen LogP contribution in [0.2, 0.25) is 0 Å². The van der Waals surface area contributed by atoms with Crippen LogP contribution in [0.5, 0.6) is 5.75 Å². The second-order valence-electron chi connectivity index (χ2n) is 8.00. The maximum atomic E-state index is 13.6. The van der Waals surface area contributed by atoms with Crippen LogP contribution >= 0.6 is 0 Å². The Morgan fingerprint density at radius 1 is 0.667 bits per heavy atom. The largest absolute Gasteiger partial charge is 0.479 e. The van der Waals surface area contributed by atoms with Gasteiger partial charge in [0.15, 0.2) is 11.9 Å². The molecule has 1 aliphatic heterocycles. The lowest BCUT2D eigenvalue weighted by Crippen LogP contribution is -2.42. The summed E-state index contributed by atoms with van der Waals surface area (Å²) in [5.41, 5.74) is 2.98. The van der Waals surface area contributed by atoms with Crippen LogP contribution in [0.15, 0.2) is 115 Å². The van der Waals surface area contributed by atoms with Crippen LogP contribution in [0.1, 0.15) is 32.3 Å². The zero-order valence-electron chi connectivity index (χ0n) is 18.0.